The van der Waals surface area contributed by atoms with Crippen molar-refractivity contribution in [1.29, 1.82) is 0 Å². The van der Waals surface area contributed by atoms with Crippen LogP contribution < -0.4 is 5.32 Å². The Morgan fingerprint density at radius 2 is 1.78 bits per heavy atom. The summed E-state index contributed by atoms with van der Waals surface area (Å²) in [5, 5.41) is 2.28. The van der Waals surface area contributed by atoms with E-state index >= 15 is 0 Å². The third-order valence-electron chi connectivity index (χ3n) is 3.87. The predicted octanol–water partition coefficient (Wildman–Crippen LogP) is 3.09. The zero-order valence-electron chi connectivity index (χ0n) is 9.55. The van der Waals surface area contributed by atoms with Crippen LogP contribution in [-0.4, -0.2) is 5.91 Å². The van der Waals surface area contributed by atoms with Crippen LogP contribution in [-0.2, 0) is 4.79 Å². The summed E-state index contributed by atoms with van der Waals surface area (Å²) in [5.41, 5.74) is -0.418. The first-order valence-electron chi connectivity index (χ1n) is 6.00. The van der Waals surface area contributed by atoms with Crippen molar-refractivity contribution in [2.75, 3.05) is 5.32 Å². The van der Waals surface area contributed by atoms with Crippen molar-refractivity contribution in [3.05, 3.63) is 29.6 Å². The Bertz CT molecular complexity index is 507. The molecule has 5 heteroatoms. The van der Waals surface area contributed by atoms with Gasteiger partial charge in [0.05, 0.1) is 5.69 Å². The van der Waals surface area contributed by atoms with Gasteiger partial charge in [-0.25, -0.2) is 13.2 Å². The topological polar surface area (TPSA) is 29.1 Å². The number of carbonyl (C=O) groups excluding carboxylic acids is 1. The summed E-state index contributed by atoms with van der Waals surface area (Å²) in [6.07, 6.45) is 2.78. The van der Waals surface area contributed by atoms with E-state index in [1.54, 1.807) is 0 Å². The van der Waals surface area contributed by atoms with Gasteiger partial charge in [-0.3, -0.25) is 4.79 Å². The number of fused-ring (bicyclic) bond motifs is 1. The van der Waals surface area contributed by atoms with E-state index in [4.69, 9.17) is 0 Å². The fraction of sp³-hybridized carbons (Fsp3) is 0.462. The number of carbonyl (C=O) groups is 1. The molecule has 2 unspecified atom stereocenters. The molecule has 2 nitrogen and oxygen atoms in total. The second-order valence-corrected chi connectivity index (χ2v) is 5.16. The maximum absolute atomic E-state index is 13.4. The van der Waals surface area contributed by atoms with E-state index in [1.807, 2.05) is 0 Å². The van der Waals surface area contributed by atoms with E-state index in [-0.39, 0.29) is 11.8 Å². The second kappa shape index (κ2) is 4.00. The Morgan fingerprint density at radius 1 is 1.11 bits per heavy atom. The lowest BCUT2D eigenvalue weighted by molar-refractivity contribution is -0.120. The van der Waals surface area contributed by atoms with Crippen molar-refractivity contribution in [1.82, 2.24) is 0 Å². The van der Waals surface area contributed by atoms with Gasteiger partial charge in [0.25, 0.3) is 0 Å². The van der Waals surface area contributed by atoms with E-state index in [1.165, 1.54) is 6.42 Å². The summed E-state index contributed by atoms with van der Waals surface area (Å²) in [6.45, 7) is 0. The molecule has 2 fully saturated rings. The lowest BCUT2D eigenvalue weighted by Gasteiger charge is -2.13. The standard InChI is InChI=1S/C13H12F3NO/c14-9-4-10(15)12(16)11(5-9)17-13(18)8-2-6-1-7(6)3-8/h4-8H,1-3H2,(H,17,18). The number of amides is 1. The average molecular weight is 255 g/mol. The van der Waals surface area contributed by atoms with Crippen LogP contribution in [0, 0.1) is 35.2 Å². The van der Waals surface area contributed by atoms with Gasteiger partial charge in [0, 0.05) is 18.1 Å². The van der Waals surface area contributed by atoms with Crippen LogP contribution in [0.3, 0.4) is 0 Å². The molecule has 1 aromatic rings. The zero-order valence-corrected chi connectivity index (χ0v) is 9.55. The SMILES string of the molecule is O=C(Nc1cc(F)cc(F)c1F)C1CC2CC2C1. The first-order chi connectivity index (χ1) is 8.54. The minimum Gasteiger partial charge on any atom is -0.323 e. The molecule has 96 valence electrons. The summed E-state index contributed by atoms with van der Waals surface area (Å²) >= 11 is 0. The molecule has 0 bridgehead atoms. The van der Waals surface area contributed by atoms with E-state index in [9.17, 15) is 18.0 Å². The smallest absolute Gasteiger partial charge is 0.227 e. The molecule has 0 spiro atoms. The van der Waals surface area contributed by atoms with Crippen LogP contribution in [0.1, 0.15) is 19.3 Å². The summed E-state index contributed by atoms with van der Waals surface area (Å²) < 4.78 is 39.3. The lowest BCUT2D eigenvalue weighted by Crippen LogP contribution is -2.22. The minimum absolute atomic E-state index is 0.153. The number of halogens is 3. The molecule has 2 atom stereocenters. The Morgan fingerprint density at radius 3 is 2.44 bits per heavy atom. The Kier molecular flexibility index (Phi) is 2.57. The zero-order chi connectivity index (χ0) is 12.9. The predicted molar refractivity (Wildman–Crippen MR) is 59.3 cm³/mol. The number of anilines is 1. The Labute approximate surface area is 102 Å². The quantitative estimate of drug-likeness (QED) is 0.808. The van der Waals surface area contributed by atoms with Crippen LogP contribution in [0.15, 0.2) is 12.1 Å². The van der Waals surface area contributed by atoms with Crippen LogP contribution in [0.4, 0.5) is 18.9 Å². The van der Waals surface area contributed by atoms with Gasteiger partial charge in [0.1, 0.15) is 5.82 Å². The summed E-state index contributed by atoms with van der Waals surface area (Å²) in [4.78, 5) is 11.8. The fourth-order valence-corrected chi connectivity index (χ4v) is 2.81. The molecule has 0 aromatic heterocycles. The van der Waals surface area contributed by atoms with Crippen LogP contribution in [0.2, 0.25) is 0 Å². The van der Waals surface area contributed by atoms with E-state index in [0.29, 0.717) is 17.9 Å². The number of hydrogen-bond acceptors (Lipinski definition) is 1. The highest BCUT2D eigenvalue weighted by atomic mass is 19.2. The van der Waals surface area contributed by atoms with Crippen molar-refractivity contribution in [2.24, 2.45) is 17.8 Å². The largest absolute Gasteiger partial charge is 0.323 e. The van der Waals surface area contributed by atoms with Crippen molar-refractivity contribution in [3.8, 4) is 0 Å². The molecule has 0 saturated heterocycles. The van der Waals surface area contributed by atoms with E-state index < -0.39 is 23.1 Å². The van der Waals surface area contributed by atoms with Gasteiger partial charge in [0.15, 0.2) is 11.6 Å². The first kappa shape index (κ1) is 11.6. The average Bonchev–Trinajstić information content (AvgIpc) is 2.92. The molecular weight excluding hydrogens is 243 g/mol. The van der Waals surface area contributed by atoms with Gasteiger partial charge in [-0.1, -0.05) is 0 Å². The van der Waals surface area contributed by atoms with Crippen molar-refractivity contribution < 1.29 is 18.0 Å². The van der Waals surface area contributed by atoms with E-state index in [2.05, 4.69) is 5.32 Å². The highest BCUT2D eigenvalue weighted by molar-refractivity contribution is 5.93. The maximum Gasteiger partial charge on any atom is 0.227 e. The summed E-state index contributed by atoms with van der Waals surface area (Å²) in [5.74, 6) is -2.67. The van der Waals surface area contributed by atoms with E-state index in [0.717, 1.165) is 18.9 Å². The second-order valence-electron chi connectivity index (χ2n) is 5.16. The fourth-order valence-electron chi connectivity index (χ4n) is 2.81. The number of hydrogen-bond donors (Lipinski definition) is 1. The third-order valence-corrected chi connectivity index (χ3v) is 3.87. The molecule has 1 N–H and O–H groups in total. The molecule has 0 aliphatic heterocycles. The van der Waals surface area contributed by atoms with Gasteiger partial charge >= 0.3 is 0 Å². The highest BCUT2D eigenvalue weighted by Crippen LogP contribution is 2.54. The van der Waals surface area contributed by atoms with Crippen LogP contribution in [0.25, 0.3) is 0 Å². The lowest BCUT2D eigenvalue weighted by atomic mass is 10.0. The molecule has 2 saturated carbocycles. The summed E-state index contributed by atoms with van der Waals surface area (Å²) in [6, 6.07) is 1.25. The van der Waals surface area contributed by atoms with Gasteiger partial charge in [0.2, 0.25) is 5.91 Å². The number of benzene rings is 1. The maximum atomic E-state index is 13.4. The molecular formula is C13H12F3NO. The number of rotatable bonds is 2. The molecule has 0 radical (unpaired) electrons. The molecule has 18 heavy (non-hydrogen) atoms. The van der Waals surface area contributed by atoms with Crippen LogP contribution in [0.5, 0.6) is 0 Å². The Balaban J connectivity index is 1.74. The molecule has 3 rings (SSSR count). The van der Waals surface area contributed by atoms with Crippen LogP contribution >= 0.6 is 0 Å². The minimum atomic E-state index is -1.29. The molecule has 1 amide bonds. The normalized spacial score (nSPS) is 28.9. The van der Waals surface area contributed by atoms with Crippen molar-refractivity contribution >= 4 is 11.6 Å². The van der Waals surface area contributed by atoms with Gasteiger partial charge in [-0.15, -0.1) is 0 Å². The third kappa shape index (κ3) is 1.98. The first-order valence-corrected chi connectivity index (χ1v) is 6.00. The van der Waals surface area contributed by atoms with Crippen molar-refractivity contribution in [2.45, 2.75) is 19.3 Å². The van der Waals surface area contributed by atoms with Crippen molar-refractivity contribution in [3.63, 3.8) is 0 Å². The molecule has 1 aromatic carbocycles. The van der Waals surface area contributed by atoms with Gasteiger partial charge in [-0.05, 0) is 31.1 Å². The number of nitrogens with one attached hydrogen (secondary N) is 1. The monoisotopic (exact) mass is 255 g/mol. The highest BCUT2D eigenvalue weighted by Gasteiger charge is 2.48. The molecule has 2 aliphatic carbocycles. The van der Waals surface area contributed by atoms with Gasteiger partial charge < -0.3 is 5.32 Å². The Hall–Kier alpha value is -1.52. The molecule has 2 aliphatic rings. The summed E-state index contributed by atoms with van der Waals surface area (Å²) in [7, 11) is 0. The molecule has 0 heterocycles. The van der Waals surface area contributed by atoms with Gasteiger partial charge in [-0.2, -0.15) is 0 Å².